The second-order valence-corrected chi connectivity index (χ2v) is 11.1. The second-order valence-electron chi connectivity index (χ2n) is 9.22. The Hall–Kier alpha value is -3.86. The summed E-state index contributed by atoms with van der Waals surface area (Å²) >= 11 is 0. The first-order valence-corrected chi connectivity index (χ1v) is 13.6. The van der Waals surface area contributed by atoms with Crippen LogP contribution in [0.15, 0.2) is 89.8 Å². The van der Waals surface area contributed by atoms with Crippen LogP contribution in [0.5, 0.6) is 0 Å². The molecule has 7 nitrogen and oxygen atoms in total. The van der Waals surface area contributed by atoms with Crippen molar-refractivity contribution in [1.82, 2.24) is 10.2 Å². The van der Waals surface area contributed by atoms with Crippen molar-refractivity contribution >= 4 is 27.5 Å². The lowest BCUT2D eigenvalue weighted by Crippen LogP contribution is -2.52. The maximum atomic E-state index is 13.7. The van der Waals surface area contributed by atoms with Crippen molar-refractivity contribution in [2.45, 2.75) is 50.5 Å². The van der Waals surface area contributed by atoms with Gasteiger partial charge in [-0.15, -0.1) is 0 Å². The van der Waals surface area contributed by atoms with Crippen molar-refractivity contribution in [2.75, 3.05) is 10.8 Å². The number of carbonyl (C=O) groups is 2. The van der Waals surface area contributed by atoms with Crippen LogP contribution in [0.25, 0.3) is 0 Å². The molecule has 0 spiro atoms. The van der Waals surface area contributed by atoms with Crippen molar-refractivity contribution in [3.05, 3.63) is 96.1 Å². The van der Waals surface area contributed by atoms with Crippen LogP contribution in [-0.4, -0.2) is 43.8 Å². The van der Waals surface area contributed by atoms with Gasteiger partial charge in [0.15, 0.2) is 0 Å². The number of hydrogen-bond donors (Lipinski definition) is 1. The molecule has 3 aromatic rings. The molecule has 1 N–H and O–H groups in total. The lowest BCUT2D eigenvalue weighted by atomic mass is 10.1. The van der Waals surface area contributed by atoms with Crippen molar-refractivity contribution in [3.8, 4) is 0 Å². The van der Waals surface area contributed by atoms with Gasteiger partial charge in [-0.2, -0.15) is 13.2 Å². The predicted molar refractivity (Wildman–Crippen MR) is 142 cm³/mol. The second kappa shape index (κ2) is 12.3. The molecular formula is C28H30F3N3O4S. The highest BCUT2D eigenvalue weighted by molar-refractivity contribution is 7.92. The van der Waals surface area contributed by atoms with Crippen molar-refractivity contribution in [3.63, 3.8) is 0 Å². The average Bonchev–Trinajstić information content (AvgIpc) is 2.90. The Bertz CT molecular complexity index is 1380. The highest BCUT2D eigenvalue weighted by Crippen LogP contribution is 2.33. The van der Waals surface area contributed by atoms with Gasteiger partial charge in [-0.25, -0.2) is 8.42 Å². The summed E-state index contributed by atoms with van der Waals surface area (Å²) in [6.45, 7) is 4.18. The number of carbonyl (C=O) groups excluding carboxylic acids is 2. The fraction of sp³-hybridized carbons (Fsp3) is 0.286. The molecule has 0 saturated carbocycles. The van der Waals surface area contributed by atoms with Crippen LogP contribution >= 0.6 is 0 Å². The van der Waals surface area contributed by atoms with Gasteiger partial charge in [0, 0.05) is 12.6 Å². The zero-order chi connectivity index (χ0) is 28.8. The molecule has 0 aliphatic carbocycles. The smallest absolute Gasteiger partial charge is 0.352 e. The molecule has 0 unspecified atom stereocenters. The first kappa shape index (κ1) is 29.7. The Kier molecular flexibility index (Phi) is 9.39. The molecular weight excluding hydrogens is 531 g/mol. The Morgan fingerprint density at radius 2 is 1.46 bits per heavy atom. The Morgan fingerprint density at radius 1 is 0.872 bits per heavy atom. The first-order valence-electron chi connectivity index (χ1n) is 12.2. The van der Waals surface area contributed by atoms with Gasteiger partial charge < -0.3 is 10.2 Å². The van der Waals surface area contributed by atoms with E-state index < -0.39 is 46.2 Å². The fourth-order valence-electron chi connectivity index (χ4n) is 3.85. The van der Waals surface area contributed by atoms with E-state index in [1.54, 1.807) is 50.2 Å². The third-order valence-electron chi connectivity index (χ3n) is 5.87. The van der Waals surface area contributed by atoms with Gasteiger partial charge in [-0.1, -0.05) is 54.6 Å². The molecule has 0 aliphatic heterocycles. The molecule has 0 aromatic heterocycles. The molecule has 11 heteroatoms. The lowest BCUT2D eigenvalue weighted by molar-refractivity contribution is -0.139. The molecule has 0 radical (unpaired) electrons. The first-order chi connectivity index (χ1) is 18.3. The van der Waals surface area contributed by atoms with E-state index in [1.165, 1.54) is 42.2 Å². The van der Waals surface area contributed by atoms with Crippen LogP contribution in [0.4, 0.5) is 18.9 Å². The number of sulfonamides is 1. The molecule has 3 aromatic carbocycles. The van der Waals surface area contributed by atoms with E-state index in [0.29, 0.717) is 15.9 Å². The van der Waals surface area contributed by atoms with Crippen molar-refractivity contribution in [2.24, 2.45) is 0 Å². The molecule has 2 amide bonds. The van der Waals surface area contributed by atoms with E-state index in [1.807, 2.05) is 0 Å². The lowest BCUT2D eigenvalue weighted by Gasteiger charge is -2.32. The number of benzene rings is 3. The summed E-state index contributed by atoms with van der Waals surface area (Å²) in [7, 11) is -4.46. The zero-order valence-corrected chi connectivity index (χ0v) is 22.5. The number of nitrogens with zero attached hydrogens (tertiary/aromatic N) is 2. The molecule has 39 heavy (non-hydrogen) atoms. The van der Waals surface area contributed by atoms with Crippen LogP contribution in [-0.2, 0) is 32.3 Å². The SMILES string of the molecule is CC(C)NC(=O)[C@@H](C)N(Cc1ccccc1)C(=O)CN(c1cccc(C(F)(F)F)c1)S(=O)(=O)c1ccccc1. The quantitative estimate of drug-likeness (QED) is 0.384. The molecule has 0 fully saturated rings. The standard InChI is InChI=1S/C28H30F3N3O4S/c1-20(2)32-27(36)21(3)33(18-22-11-6-4-7-12-22)26(35)19-34(39(37,38)25-15-8-5-9-16-25)24-14-10-13-23(17-24)28(29,30)31/h4-17,20-21H,18-19H2,1-3H3,(H,32,36)/t21-/m1/s1. The van der Waals surface area contributed by atoms with Gasteiger partial charge in [-0.3, -0.25) is 13.9 Å². The number of rotatable bonds is 10. The van der Waals surface area contributed by atoms with E-state index in [2.05, 4.69) is 5.32 Å². The predicted octanol–water partition coefficient (Wildman–Crippen LogP) is 4.84. The van der Waals surface area contributed by atoms with Gasteiger partial charge in [0.05, 0.1) is 16.1 Å². The van der Waals surface area contributed by atoms with E-state index in [4.69, 9.17) is 0 Å². The number of anilines is 1. The summed E-state index contributed by atoms with van der Waals surface area (Å²) in [5.41, 5.74) is -0.709. The minimum Gasteiger partial charge on any atom is -0.352 e. The minimum absolute atomic E-state index is 0.0197. The van der Waals surface area contributed by atoms with E-state index in [0.717, 1.165) is 12.1 Å². The number of hydrogen-bond acceptors (Lipinski definition) is 4. The Balaban J connectivity index is 2.07. The molecule has 0 heterocycles. The Labute approximate surface area is 226 Å². The highest BCUT2D eigenvalue weighted by atomic mass is 32.2. The molecule has 0 aliphatic rings. The number of halogens is 3. The molecule has 1 atom stereocenters. The summed E-state index contributed by atoms with van der Waals surface area (Å²) in [4.78, 5) is 27.6. The van der Waals surface area contributed by atoms with Gasteiger partial charge in [0.2, 0.25) is 11.8 Å². The van der Waals surface area contributed by atoms with Crippen molar-refractivity contribution < 1.29 is 31.2 Å². The van der Waals surface area contributed by atoms with Crippen LogP contribution in [0.2, 0.25) is 0 Å². The van der Waals surface area contributed by atoms with Crippen molar-refractivity contribution in [1.29, 1.82) is 0 Å². The monoisotopic (exact) mass is 561 g/mol. The zero-order valence-electron chi connectivity index (χ0n) is 21.7. The topological polar surface area (TPSA) is 86.8 Å². The molecule has 0 saturated heterocycles. The summed E-state index contributed by atoms with van der Waals surface area (Å²) in [5, 5.41) is 2.74. The summed E-state index contributed by atoms with van der Waals surface area (Å²) < 4.78 is 68.4. The average molecular weight is 562 g/mol. The fourth-order valence-corrected chi connectivity index (χ4v) is 5.28. The third kappa shape index (κ3) is 7.60. The van der Waals surface area contributed by atoms with Crippen LogP contribution < -0.4 is 9.62 Å². The number of alkyl halides is 3. The normalized spacial score (nSPS) is 12.6. The van der Waals surface area contributed by atoms with Gasteiger partial charge >= 0.3 is 6.18 Å². The van der Waals surface area contributed by atoms with E-state index >= 15 is 0 Å². The van der Waals surface area contributed by atoms with Gasteiger partial charge in [0.25, 0.3) is 10.0 Å². The molecule has 208 valence electrons. The third-order valence-corrected chi connectivity index (χ3v) is 7.65. The maximum absolute atomic E-state index is 13.7. The van der Waals surface area contributed by atoms with Crippen LogP contribution in [0, 0.1) is 0 Å². The summed E-state index contributed by atoms with van der Waals surface area (Å²) in [5.74, 6) is -1.21. The van der Waals surface area contributed by atoms with Gasteiger partial charge in [-0.05, 0) is 56.7 Å². The number of nitrogens with one attached hydrogen (secondary N) is 1. The molecule has 0 bridgehead atoms. The highest BCUT2D eigenvalue weighted by Gasteiger charge is 2.35. The molecule has 3 rings (SSSR count). The van der Waals surface area contributed by atoms with Gasteiger partial charge in [0.1, 0.15) is 12.6 Å². The largest absolute Gasteiger partial charge is 0.416 e. The summed E-state index contributed by atoms with van der Waals surface area (Å²) in [6.07, 6.45) is -4.73. The van der Waals surface area contributed by atoms with E-state index in [-0.39, 0.29) is 23.2 Å². The minimum atomic E-state index is -4.73. The Morgan fingerprint density at radius 3 is 2.03 bits per heavy atom. The van der Waals surface area contributed by atoms with Crippen LogP contribution in [0.3, 0.4) is 0 Å². The number of amides is 2. The van der Waals surface area contributed by atoms with Crippen LogP contribution in [0.1, 0.15) is 31.9 Å². The van der Waals surface area contributed by atoms with E-state index in [9.17, 15) is 31.2 Å². The summed E-state index contributed by atoms with van der Waals surface area (Å²) in [6, 6.07) is 18.5. The maximum Gasteiger partial charge on any atom is 0.416 e.